The van der Waals surface area contributed by atoms with Gasteiger partial charge in [-0.25, -0.2) is 9.97 Å². The van der Waals surface area contributed by atoms with E-state index < -0.39 is 5.41 Å². The Bertz CT molecular complexity index is 2130. The molecule has 6 nitrogen and oxygen atoms in total. The quantitative estimate of drug-likeness (QED) is 0.140. The number of allylic oxidation sites excluding steroid dienone is 4. The fourth-order valence-corrected chi connectivity index (χ4v) is 7.57. The highest BCUT2D eigenvalue weighted by Gasteiger charge is 2.47. The topological polar surface area (TPSA) is 88.9 Å². The summed E-state index contributed by atoms with van der Waals surface area (Å²) in [6.07, 6.45) is 7.51. The lowest BCUT2D eigenvalue weighted by Gasteiger charge is -2.36. The van der Waals surface area contributed by atoms with Crippen molar-refractivity contribution in [1.29, 1.82) is 0 Å². The lowest BCUT2D eigenvalue weighted by Crippen LogP contribution is -2.30. The molecular formula is C32H23BrN6S4. The van der Waals surface area contributed by atoms with Crippen molar-refractivity contribution in [2.24, 2.45) is 0 Å². The van der Waals surface area contributed by atoms with E-state index in [1.165, 1.54) is 33.4 Å². The number of benzene rings is 3. The molecule has 4 N–H and O–H groups in total. The van der Waals surface area contributed by atoms with E-state index in [0.29, 0.717) is 24.9 Å². The number of nitrogens with zero attached hydrogens (tertiary/aromatic N) is 2. The maximum Gasteiger partial charge on any atom is 0.200 e. The zero-order valence-corrected chi connectivity index (χ0v) is 27.5. The summed E-state index contributed by atoms with van der Waals surface area (Å²) in [6.45, 7) is 2.15. The van der Waals surface area contributed by atoms with Crippen LogP contribution in [0.2, 0.25) is 0 Å². The molecule has 0 radical (unpaired) electrons. The van der Waals surface area contributed by atoms with Crippen LogP contribution in [0.5, 0.6) is 0 Å². The third kappa shape index (κ3) is 4.89. The molecule has 2 aromatic heterocycles. The molecule has 0 saturated heterocycles. The molecule has 0 fully saturated rings. The molecule has 2 aliphatic carbocycles. The number of hydrogen-bond donors (Lipinski definition) is 4. The Hall–Kier alpha value is -3.48. The monoisotopic (exact) mass is 698 g/mol. The van der Waals surface area contributed by atoms with Crippen LogP contribution >= 0.6 is 64.8 Å². The van der Waals surface area contributed by atoms with Gasteiger partial charge < -0.3 is 19.9 Å². The van der Waals surface area contributed by atoms with Crippen molar-refractivity contribution in [2.45, 2.75) is 24.7 Å². The minimum absolute atomic E-state index is 0.0261. The van der Waals surface area contributed by atoms with Gasteiger partial charge in [0.25, 0.3) is 0 Å². The molecular weight excluding hydrogens is 677 g/mol. The van der Waals surface area contributed by atoms with Crippen LogP contribution in [0.4, 0.5) is 0 Å². The SMILES string of the molecule is Cc1ccc2c(c1)C(C1=CCC(c3nc(=S)[nH]c(=S)[nH]3)C=C1)(c1ccc(-c3nc(=S)[nH]c(=S)[nH]3)cc1)c1cc(Br)ccc1-2. The van der Waals surface area contributed by atoms with Gasteiger partial charge in [0.1, 0.15) is 11.6 Å². The number of aromatic nitrogens is 6. The Kier molecular flexibility index (Phi) is 7.18. The largest absolute Gasteiger partial charge is 0.320 e. The van der Waals surface area contributed by atoms with Crippen LogP contribution < -0.4 is 0 Å². The van der Waals surface area contributed by atoms with Gasteiger partial charge in [0, 0.05) is 16.0 Å². The molecule has 43 heavy (non-hydrogen) atoms. The van der Waals surface area contributed by atoms with E-state index in [0.717, 1.165) is 27.8 Å². The van der Waals surface area contributed by atoms with Crippen LogP contribution in [0.3, 0.4) is 0 Å². The lowest BCUT2D eigenvalue weighted by molar-refractivity contribution is 0.706. The highest BCUT2D eigenvalue weighted by molar-refractivity contribution is 9.10. The summed E-state index contributed by atoms with van der Waals surface area (Å²) in [5.74, 6) is 1.42. The maximum atomic E-state index is 5.34. The minimum atomic E-state index is -0.553. The normalized spacial score (nSPS) is 18.7. The number of hydrogen-bond acceptors (Lipinski definition) is 6. The Balaban J connectivity index is 1.44. The molecule has 0 amide bonds. The molecule has 7 rings (SSSR count). The standard InChI is InChI=1S/C32H23BrN6S4/c1-16-2-12-22-23-13-11-21(33)15-25(23)32(24(22)14-16,19-7-3-17(4-8-19)26-34-28(40)38-29(41)35-26)20-9-5-18(6-10-20)27-36-30(42)39-31(43)37-27/h2-5,7-15,18H,6H2,1H3,(H2,34,35,38,40,41)(H2,36,37,39,42,43). The number of aromatic amines is 4. The third-order valence-electron chi connectivity index (χ3n) is 8.08. The average Bonchev–Trinajstić information content (AvgIpc) is 3.25. The second-order valence-electron chi connectivity index (χ2n) is 10.7. The van der Waals surface area contributed by atoms with Crippen LogP contribution in [-0.2, 0) is 5.41 Å². The van der Waals surface area contributed by atoms with Crippen LogP contribution in [0, 0.1) is 26.0 Å². The molecule has 2 unspecified atom stereocenters. The first kappa shape index (κ1) is 28.3. The van der Waals surface area contributed by atoms with Gasteiger partial charge in [-0.05, 0) is 108 Å². The van der Waals surface area contributed by atoms with Crippen LogP contribution in [-0.4, -0.2) is 29.9 Å². The summed E-state index contributed by atoms with van der Waals surface area (Å²) in [7, 11) is 0. The van der Waals surface area contributed by atoms with Gasteiger partial charge in [0.15, 0.2) is 9.54 Å². The molecule has 0 saturated carbocycles. The number of halogens is 1. The zero-order valence-electron chi connectivity index (χ0n) is 22.7. The molecule has 0 spiro atoms. The van der Waals surface area contributed by atoms with E-state index in [1.54, 1.807) is 0 Å². The maximum absolute atomic E-state index is 5.34. The predicted octanol–water partition coefficient (Wildman–Crippen LogP) is 9.43. The molecule has 3 aromatic carbocycles. The van der Waals surface area contributed by atoms with Crippen molar-refractivity contribution in [3.05, 3.63) is 136 Å². The summed E-state index contributed by atoms with van der Waals surface area (Å²) in [4.78, 5) is 21.1. The second-order valence-corrected chi connectivity index (χ2v) is 13.2. The van der Waals surface area contributed by atoms with Gasteiger partial charge in [-0.3, -0.25) is 0 Å². The molecule has 2 heterocycles. The molecule has 2 atom stereocenters. The zero-order chi connectivity index (χ0) is 29.9. The highest BCUT2D eigenvalue weighted by atomic mass is 79.9. The van der Waals surface area contributed by atoms with Crippen molar-refractivity contribution in [1.82, 2.24) is 29.9 Å². The van der Waals surface area contributed by atoms with E-state index in [9.17, 15) is 0 Å². The van der Waals surface area contributed by atoms with E-state index in [1.807, 2.05) is 0 Å². The summed E-state index contributed by atoms with van der Waals surface area (Å²) >= 11 is 25.0. The van der Waals surface area contributed by atoms with Crippen molar-refractivity contribution >= 4 is 64.8 Å². The van der Waals surface area contributed by atoms with E-state index in [4.69, 9.17) is 48.9 Å². The fourth-order valence-electron chi connectivity index (χ4n) is 6.29. The smallest absolute Gasteiger partial charge is 0.200 e. The Morgan fingerprint density at radius 1 is 0.791 bits per heavy atom. The Morgan fingerprint density at radius 2 is 1.47 bits per heavy atom. The van der Waals surface area contributed by atoms with Gasteiger partial charge in [0.2, 0.25) is 9.54 Å². The van der Waals surface area contributed by atoms with Crippen molar-refractivity contribution in [3.63, 3.8) is 0 Å². The number of H-pyrrole nitrogens is 4. The number of rotatable bonds is 4. The van der Waals surface area contributed by atoms with Gasteiger partial charge in [0.05, 0.1) is 5.41 Å². The molecule has 0 bridgehead atoms. The lowest BCUT2D eigenvalue weighted by atomic mass is 9.65. The van der Waals surface area contributed by atoms with Crippen molar-refractivity contribution in [3.8, 4) is 22.5 Å². The van der Waals surface area contributed by atoms with Crippen LogP contribution in [0.15, 0.2) is 88.9 Å². The molecule has 212 valence electrons. The molecule has 11 heteroatoms. The summed E-state index contributed by atoms with van der Waals surface area (Å²) in [6, 6.07) is 21.9. The Labute approximate surface area is 276 Å². The number of aryl methyl sites for hydroxylation is 1. The minimum Gasteiger partial charge on any atom is -0.320 e. The first-order chi connectivity index (χ1) is 20.7. The average molecular weight is 700 g/mol. The van der Waals surface area contributed by atoms with Gasteiger partial charge in [-0.15, -0.1) is 0 Å². The first-order valence-corrected chi connectivity index (χ1v) is 16.0. The molecule has 2 aliphatic rings. The number of fused-ring (bicyclic) bond motifs is 3. The first-order valence-electron chi connectivity index (χ1n) is 13.5. The van der Waals surface area contributed by atoms with Crippen LogP contribution in [0.1, 0.15) is 40.4 Å². The van der Waals surface area contributed by atoms with E-state index >= 15 is 0 Å². The summed E-state index contributed by atoms with van der Waals surface area (Å²) in [5.41, 5.74) is 8.82. The van der Waals surface area contributed by atoms with Gasteiger partial charge >= 0.3 is 0 Å². The van der Waals surface area contributed by atoms with Gasteiger partial charge in [-0.2, -0.15) is 0 Å². The fraction of sp³-hybridized carbons (Fsp3) is 0.125. The van der Waals surface area contributed by atoms with Crippen LogP contribution in [0.25, 0.3) is 22.5 Å². The van der Waals surface area contributed by atoms with E-state index in [-0.39, 0.29) is 5.92 Å². The summed E-state index contributed by atoms with van der Waals surface area (Å²) in [5, 5.41) is 0. The Morgan fingerprint density at radius 3 is 2.14 bits per heavy atom. The molecule has 0 aliphatic heterocycles. The third-order valence-corrected chi connectivity index (χ3v) is 9.37. The highest BCUT2D eigenvalue weighted by Crippen LogP contribution is 2.58. The van der Waals surface area contributed by atoms with Crippen molar-refractivity contribution in [2.75, 3.05) is 0 Å². The predicted molar refractivity (Wildman–Crippen MR) is 183 cm³/mol. The second kappa shape index (κ2) is 10.9. The van der Waals surface area contributed by atoms with Crippen molar-refractivity contribution < 1.29 is 0 Å². The number of nitrogens with one attached hydrogen (secondary N) is 4. The summed E-state index contributed by atoms with van der Waals surface area (Å²) < 4.78 is 2.67. The van der Waals surface area contributed by atoms with E-state index in [2.05, 4.69) is 132 Å². The van der Waals surface area contributed by atoms with Gasteiger partial charge in [-0.1, -0.05) is 88.3 Å². The molecule has 5 aromatic rings.